The van der Waals surface area contributed by atoms with Crippen molar-refractivity contribution in [3.63, 3.8) is 0 Å². The smallest absolute Gasteiger partial charge is 0.264 e. The zero-order valence-corrected chi connectivity index (χ0v) is 27.8. The Morgan fingerprint density at radius 1 is 0.848 bits per heavy atom. The van der Waals surface area contributed by atoms with Crippen molar-refractivity contribution in [2.45, 2.75) is 57.5 Å². The predicted molar refractivity (Wildman–Crippen MR) is 182 cm³/mol. The summed E-state index contributed by atoms with van der Waals surface area (Å²) in [6, 6.07) is 29.4. The van der Waals surface area contributed by atoms with Gasteiger partial charge in [-0.15, -0.1) is 0 Å². The van der Waals surface area contributed by atoms with E-state index in [2.05, 4.69) is 5.32 Å². The predicted octanol–water partition coefficient (Wildman–Crippen LogP) is 6.06. The Kier molecular flexibility index (Phi) is 12.0. The number of sulfonamides is 1. The minimum absolute atomic E-state index is 0.0605. The van der Waals surface area contributed by atoms with Crippen molar-refractivity contribution in [2.75, 3.05) is 24.5 Å². The van der Waals surface area contributed by atoms with Crippen LogP contribution in [0.1, 0.15) is 42.0 Å². The summed E-state index contributed by atoms with van der Waals surface area (Å²) in [6.45, 7) is 5.98. The molecule has 46 heavy (non-hydrogen) atoms. The number of nitrogens with zero attached hydrogens (tertiary/aromatic N) is 2. The third-order valence-electron chi connectivity index (χ3n) is 7.95. The van der Waals surface area contributed by atoms with Crippen molar-refractivity contribution in [3.05, 3.63) is 125 Å². The van der Waals surface area contributed by atoms with Crippen molar-refractivity contribution in [2.24, 2.45) is 0 Å². The first-order valence-corrected chi connectivity index (χ1v) is 17.0. The summed E-state index contributed by atoms with van der Waals surface area (Å²) in [5.41, 5.74) is 3.93. The van der Waals surface area contributed by atoms with Crippen molar-refractivity contribution >= 4 is 27.5 Å². The molecule has 8 nitrogen and oxygen atoms in total. The SMILES string of the molecule is CCCCNC(=O)[C@H](Cc1ccccc1)N(Cc1ccccc1C)C(=O)CN(c1ccc(OC)cc1)S(=O)(=O)c1ccc(C)cc1. The third kappa shape index (κ3) is 8.75. The van der Waals surface area contributed by atoms with Crippen LogP contribution in [0, 0.1) is 13.8 Å². The number of rotatable bonds is 15. The van der Waals surface area contributed by atoms with E-state index in [4.69, 9.17) is 4.74 Å². The topological polar surface area (TPSA) is 96.0 Å². The van der Waals surface area contributed by atoms with Gasteiger partial charge in [0.2, 0.25) is 11.8 Å². The van der Waals surface area contributed by atoms with E-state index in [1.807, 2.05) is 75.4 Å². The largest absolute Gasteiger partial charge is 0.497 e. The quantitative estimate of drug-likeness (QED) is 0.159. The molecule has 4 rings (SSSR count). The van der Waals surface area contributed by atoms with Gasteiger partial charge >= 0.3 is 0 Å². The van der Waals surface area contributed by atoms with Crippen LogP contribution in [0.15, 0.2) is 108 Å². The molecule has 4 aromatic carbocycles. The molecule has 0 aliphatic rings. The van der Waals surface area contributed by atoms with Crippen LogP contribution in [0.25, 0.3) is 0 Å². The Balaban J connectivity index is 1.80. The lowest BCUT2D eigenvalue weighted by Crippen LogP contribution is -2.53. The second-order valence-electron chi connectivity index (χ2n) is 11.3. The van der Waals surface area contributed by atoms with Gasteiger partial charge in [-0.2, -0.15) is 0 Å². The maximum atomic E-state index is 14.6. The van der Waals surface area contributed by atoms with Crippen molar-refractivity contribution in [1.29, 1.82) is 0 Å². The maximum absolute atomic E-state index is 14.6. The lowest BCUT2D eigenvalue weighted by atomic mass is 10.0. The fourth-order valence-corrected chi connectivity index (χ4v) is 6.56. The normalized spacial score (nSPS) is 11.8. The van der Waals surface area contributed by atoms with Crippen LogP contribution >= 0.6 is 0 Å². The van der Waals surface area contributed by atoms with Crippen LogP contribution in [-0.4, -0.2) is 51.4 Å². The minimum Gasteiger partial charge on any atom is -0.497 e. The number of ether oxygens (including phenoxy) is 1. The van der Waals surface area contributed by atoms with Gasteiger partial charge in [0.15, 0.2) is 0 Å². The van der Waals surface area contributed by atoms with E-state index < -0.39 is 28.5 Å². The number of hydrogen-bond donors (Lipinski definition) is 1. The summed E-state index contributed by atoms with van der Waals surface area (Å²) < 4.78 is 34.8. The number of aryl methyl sites for hydroxylation is 2. The van der Waals surface area contributed by atoms with Crippen molar-refractivity contribution in [3.8, 4) is 5.75 Å². The van der Waals surface area contributed by atoms with Crippen LogP contribution in [0.4, 0.5) is 5.69 Å². The Hall–Kier alpha value is -4.63. The molecule has 0 saturated carbocycles. The number of anilines is 1. The second kappa shape index (κ2) is 16.1. The summed E-state index contributed by atoms with van der Waals surface area (Å²) in [7, 11) is -2.65. The zero-order chi connectivity index (χ0) is 33.1. The van der Waals surface area contributed by atoms with Crippen molar-refractivity contribution in [1.82, 2.24) is 10.2 Å². The summed E-state index contributed by atoms with van der Waals surface area (Å²) in [5.74, 6) is -0.228. The minimum atomic E-state index is -4.18. The van der Waals surface area contributed by atoms with E-state index in [0.717, 1.165) is 39.4 Å². The summed E-state index contributed by atoms with van der Waals surface area (Å²) in [5, 5.41) is 3.02. The maximum Gasteiger partial charge on any atom is 0.264 e. The Morgan fingerprint density at radius 3 is 2.13 bits per heavy atom. The average Bonchev–Trinajstić information content (AvgIpc) is 3.06. The molecule has 0 radical (unpaired) electrons. The molecule has 2 amide bonds. The van der Waals surface area contributed by atoms with Crippen molar-refractivity contribution < 1.29 is 22.7 Å². The Morgan fingerprint density at radius 2 is 1.50 bits per heavy atom. The first kappa shape index (κ1) is 34.2. The molecule has 0 aliphatic carbocycles. The standard InChI is InChI=1S/C37H43N3O5S/c1-5-6-24-38-37(42)35(25-30-13-8-7-9-14-30)39(26-31-15-11-10-12-29(31)3)36(41)27-40(32-18-20-33(45-4)21-19-32)46(43,44)34-22-16-28(2)17-23-34/h7-23,35H,5-6,24-27H2,1-4H3,(H,38,42)/t35-/m0/s1. The highest BCUT2D eigenvalue weighted by Gasteiger charge is 2.34. The van der Waals surface area contributed by atoms with Crippen LogP contribution in [-0.2, 0) is 32.6 Å². The molecule has 0 aromatic heterocycles. The van der Waals surface area contributed by atoms with Gasteiger partial charge in [0.1, 0.15) is 18.3 Å². The number of carbonyl (C=O) groups excluding carboxylic acids is 2. The highest BCUT2D eigenvalue weighted by atomic mass is 32.2. The third-order valence-corrected chi connectivity index (χ3v) is 9.74. The number of methoxy groups -OCH3 is 1. The molecule has 242 valence electrons. The van der Waals surface area contributed by atoms with Crippen LogP contribution < -0.4 is 14.4 Å². The Bertz CT molecular complexity index is 1690. The van der Waals surface area contributed by atoms with E-state index >= 15 is 0 Å². The molecule has 0 heterocycles. The molecule has 0 spiro atoms. The molecule has 0 saturated heterocycles. The van der Waals surface area contributed by atoms with E-state index in [-0.39, 0.29) is 23.8 Å². The number of benzene rings is 4. The summed E-state index contributed by atoms with van der Waals surface area (Å²) >= 11 is 0. The van der Waals surface area contributed by atoms with Crippen LogP contribution in [0.5, 0.6) is 5.75 Å². The lowest BCUT2D eigenvalue weighted by molar-refractivity contribution is -0.140. The lowest BCUT2D eigenvalue weighted by Gasteiger charge is -2.34. The molecular weight excluding hydrogens is 598 g/mol. The van der Waals surface area contributed by atoms with Crippen LogP contribution in [0.2, 0.25) is 0 Å². The van der Waals surface area contributed by atoms with Gasteiger partial charge in [0.05, 0.1) is 17.7 Å². The molecule has 0 fully saturated rings. The molecule has 1 N–H and O–H groups in total. The molecule has 0 aliphatic heterocycles. The number of nitrogens with one attached hydrogen (secondary N) is 1. The summed E-state index contributed by atoms with van der Waals surface area (Å²) in [6.07, 6.45) is 1.97. The van der Waals surface area contributed by atoms with Gasteiger partial charge in [0, 0.05) is 19.5 Å². The molecule has 1 atom stereocenters. The fourth-order valence-electron chi connectivity index (χ4n) is 5.15. The summed E-state index contributed by atoms with van der Waals surface area (Å²) in [4.78, 5) is 30.0. The first-order valence-electron chi connectivity index (χ1n) is 15.5. The monoisotopic (exact) mass is 641 g/mol. The van der Waals surface area contributed by atoms with E-state index in [1.165, 1.54) is 24.1 Å². The van der Waals surface area contributed by atoms with Gasteiger partial charge in [0.25, 0.3) is 10.0 Å². The number of amides is 2. The zero-order valence-electron chi connectivity index (χ0n) is 27.0. The van der Waals surface area contributed by atoms with Crippen LogP contribution in [0.3, 0.4) is 0 Å². The first-order chi connectivity index (χ1) is 22.1. The number of hydrogen-bond acceptors (Lipinski definition) is 5. The molecule has 0 unspecified atom stereocenters. The molecular formula is C37H43N3O5S. The molecule has 0 bridgehead atoms. The van der Waals surface area contributed by atoms with E-state index in [1.54, 1.807) is 36.4 Å². The molecule has 9 heteroatoms. The van der Waals surface area contributed by atoms with Gasteiger partial charge in [-0.05, 0) is 73.4 Å². The Labute approximate surface area is 273 Å². The van der Waals surface area contributed by atoms with Gasteiger partial charge in [-0.25, -0.2) is 8.42 Å². The number of carbonyl (C=O) groups is 2. The van der Waals surface area contributed by atoms with E-state index in [0.29, 0.717) is 18.0 Å². The highest BCUT2D eigenvalue weighted by Crippen LogP contribution is 2.27. The second-order valence-corrected chi connectivity index (χ2v) is 13.2. The van der Waals surface area contributed by atoms with Gasteiger partial charge < -0.3 is 15.0 Å². The van der Waals surface area contributed by atoms with E-state index in [9.17, 15) is 18.0 Å². The van der Waals surface area contributed by atoms with Gasteiger partial charge in [-0.1, -0.05) is 85.6 Å². The fraction of sp³-hybridized carbons (Fsp3) is 0.297. The number of unbranched alkanes of at least 4 members (excludes halogenated alkanes) is 1. The molecule has 4 aromatic rings. The average molecular weight is 642 g/mol. The van der Waals surface area contributed by atoms with Gasteiger partial charge in [-0.3, -0.25) is 13.9 Å². The highest BCUT2D eigenvalue weighted by molar-refractivity contribution is 7.92.